The summed E-state index contributed by atoms with van der Waals surface area (Å²) in [5.41, 5.74) is -1.59. The fourth-order valence-electron chi connectivity index (χ4n) is 2.34. The minimum atomic E-state index is -4.80. The summed E-state index contributed by atoms with van der Waals surface area (Å²) in [5, 5.41) is 0. The molecular weight excluding hydrogens is 350 g/mol. The van der Waals surface area contributed by atoms with E-state index in [0.29, 0.717) is 0 Å². The fraction of sp³-hybridized carbons (Fsp3) is 0.278. The molecule has 2 aromatic heterocycles. The molecule has 0 aliphatic heterocycles. The number of nitrogens with zero attached hydrogens (tertiary/aromatic N) is 3. The van der Waals surface area contributed by atoms with Gasteiger partial charge < -0.3 is 4.90 Å². The van der Waals surface area contributed by atoms with Gasteiger partial charge in [-0.05, 0) is 18.2 Å². The second-order valence-electron chi connectivity index (χ2n) is 5.85. The zero-order chi connectivity index (χ0) is 19.5. The number of aromatic nitrogens is 2. The molecule has 0 aliphatic rings. The molecule has 0 saturated carbocycles. The zero-order valence-corrected chi connectivity index (χ0v) is 14.2. The van der Waals surface area contributed by atoms with Crippen LogP contribution in [-0.4, -0.2) is 22.4 Å². The highest BCUT2D eigenvalue weighted by Crippen LogP contribution is 2.37. The molecule has 0 bridgehead atoms. The van der Waals surface area contributed by atoms with Crippen LogP contribution in [-0.2, 0) is 11.0 Å². The van der Waals surface area contributed by atoms with Crippen molar-refractivity contribution in [2.75, 3.05) is 11.4 Å². The smallest absolute Gasteiger partial charge is 0.306 e. The molecule has 0 atom stereocenters. The summed E-state index contributed by atoms with van der Waals surface area (Å²) in [6.45, 7) is 6.57. The van der Waals surface area contributed by atoms with Crippen LogP contribution in [0.4, 0.5) is 23.2 Å². The summed E-state index contributed by atoms with van der Waals surface area (Å²) < 4.78 is 54.0. The van der Waals surface area contributed by atoms with Gasteiger partial charge in [-0.25, -0.2) is 9.37 Å². The maximum atomic E-state index is 13.6. The van der Waals surface area contributed by atoms with Gasteiger partial charge in [-0.1, -0.05) is 19.9 Å². The number of hydrogen-bond donors (Lipinski definition) is 0. The fourth-order valence-corrected chi connectivity index (χ4v) is 2.34. The van der Waals surface area contributed by atoms with E-state index in [2.05, 4.69) is 16.5 Å². The number of amides is 1. The summed E-state index contributed by atoms with van der Waals surface area (Å²) in [4.78, 5) is 20.6. The van der Waals surface area contributed by atoms with E-state index in [1.54, 1.807) is 13.8 Å². The van der Waals surface area contributed by atoms with Gasteiger partial charge in [0, 0.05) is 24.2 Å². The summed E-state index contributed by atoms with van der Waals surface area (Å²) in [5.74, 6) is -1.69. The summed E-state index contributed by atoms with van der Waals surface area (Å²) in [6.07, 6.45) is -1.31. The van der Waals surface area contributed by atoms with Gasteiger partial charge in [0.15, 0.2) is 5.69 Å². The van der Waals surface area contributed by atoms with Crippen molar-refractivity contribution in [3.63, 3.8) is 0 Å². The van der Waals surface area contributed by atoms with Crippen LogP contribution < -0.4 is 4.90 Å². The van der Waals surface area contributed by atoms with Gasteiger partial charge in [-0.15, -0.1) is 6.58 Å². The van der Waals surface area contributed by atoms with Gasteiger partial charge in [-0.2, -0.15) is 13.2 Å². The molecule has 2 aromatic rings. The second-order valence-corrected chi connectivity index (χ2v) is 5.85. The van der Waals surface area contributed by atoms with Crippen LogP contribution in [0.3, 0.4) is 0 Å². The van der Waals surface area contributed by atoms with Crippen LogP contribution in [0.25, 0.3) is 11.3 Å². The van der Waals surface area contributed by atoms with E-state index in [9.17, 15) is 22.4 Å². The maximum Gasteiger partial charge on any atom is 0.435 e. The average molecular weight is 367 g/mol. The van der Waals surface area contributed by atoms with Crippen molar-refractivity contribution in [2.45, 2.75) is 20.0 Å². The molecular formula is C18H17F4N3O. The molecule has 0 fully saturated rings. The highest BCUT2D eigenvalue weighted by Gasteiger charge is 2.38. The molecule has 0 aliphatic carbocycles. The second kappa shape index (κ2) is 7.63. The lowest BCUT2D eigenvalue weighted by Crippen LogP contribution is -2.36. The minimum absolute atomic E-state index is 0.0939. The van der Waals surface area contributed by atoms with E-state index < -0.39 is 29.5 Å². The molecule has 0 N–H and O–H groups in total. The van der Waals surface area contributed by atoms with Crippen molar-refractivity contribution in [3.05, 3.63) is 54.8 Å². The van der Waals surface area contributed by atoms with E-state index in [1.165, 1.54) is 18.3 Å². The van der Waals surface area contributed by atoms with Crippen LogP contribution in [0.1, 0.15) is 19.5 Å². The number of carbonyl (C=O) groups excluding carboxylic acids is 1. The van der Waals surface area contributed by atoms with Crippen molar-refractivity contribution < 1.29 is 22.4 Å². The molecule has 0 aromatic carbocycles. The predicted octanol–water partition coefficient (Wildman–Crippen LogP) is 4.48. The van der Waals surface area contributed by atoms with Gasteiger partial charge in [0.25, 0.3) is 0 Å². The van der Waals surface area contributed by atoms with Crippen LogP contribution in [0.5, 0.6) is 0 Å². The zero-order valence-electron chi connectivity index (χ0n) is 14.2. The van der Waals surface area contributed by atoms with Gasteiger partial charge in [0.05, 0.1) is 17.6 Å². The Morgan fingerprint density at radius 1 is 1.31 bits per heavy atom. The Balaban J connectivity index is 2.63. The predicted molar refractivity (Wildman–Crippen MR) is 89.8 cm³/mol. The van der Waals surface area contributed by atoms with E-state index in [-0.39, 0.29) is 23.5 Å². The number of rotatable bonds is 5. The summed E-state index contributed by atoms with van der Waals surface area (Å²) in [7, 11) is 0. The maximum absolute atomic E-state index is 13.6. The van der Waals surface area contributed by atoms with Gasteiger partial charge in [-0.3, -0.25) is 9.78 Å². The monoisotopic (exact) mass is 367 g/mol. The Bertz CT molecular complexity index is 818. The number of alkyl halides is 3. The summed E-state index contributed by atoms with van der Waals surface area (Å²) >= 11 is 0. The van der Waals surface area contributed by atoms with Gasteiger partial charge in [0.1, 0.15) is 5.82 Å². The Morgan fingerprint density at radius 3 is 2.54 bits per heavy atom. The molecule has 138 valence electrons. The van der Waals surface area contributed by atoms with Crippen LogP contribution in [0.15, 0.2) is 43.2 Å². The molecule has 1 amide bonds. The molecule has 2 heterocycles. The lowest BCUT2D eigenvalue weighted by molar-refractivity contribution is -0.140. The molecule has 0 saturated heterocycles. The minimum Gasteiger partial charge on any atom is -0.306 e. The highest BCUT2D eigenvalue weighted by atomic mass is 19.4. The summed E-state index contributed by atoms with van der Waals surface area (Å²) in [6, 6.07) is 3.49. The van der Waals surface area contributed by atoms with Crippen molar-refractivity contribution in [1.29, 1.82) is 0 Å². The van der Waals surface area contributed by atoms with Crippen LogP contribution in [0.2, 0.25) is 0 Å². The van der Waals surface area contributed by atoms with E-state index in [4.69, 9.17) is 0 Å². The van der Waals surface area contributed by atoms with E-state index in [1.807, 2.05) is 0 Å². The average Bonchev–Trinajstić information content (AvgIpc) is 2.58. The third-order valence-electron chi connectivity index (χ3n) is 3.51. The van der Waals surface area contributed by atoms with Gasteiger partial charge in [0.2, 0.25) is 5.91 Å². The number of hydrogen-bond acceptors (Lipinski definition) is 3. The molecule has 0 radical (unpaired) electrons. The van der Waals surface area contributed by atoms with E-state index in [0.717, 1.165) is 23.2 Å². The Kier molecular flexibility index (Phi) is 5.74. The molecule has 2 rings (SSSR count). The number of pyridine rings is 2. The molecule has 26 heavy (non-hydrogen) atoms. The van der Waals surface area contributed by atoms with Crippen molar-refractivity contribution >= 4 is 11.6 Å². The lowest BCUT2D eigenvalue weighted by atomic mass is 10.1. The Labute approximate surface area is 148 Å². The molecule has 0 unspecified atom stereocenters. The van der Waals surface area contributed by atoms with Crippen molar-refractivity contribution in [3.8, 4) is 11.3 Å². The topological polar surface area (TPSA) is 46.1 Å². The Hall–Kier alpha value is -2.77. The Morgan fingerprint density at radius 2 is 2.00 bits per heavy atom. The molecule has 0 spiro atoms. The third-order valence-corrected chi connectivity index (χ3v) is 3.51. The molecule has 8 heteroatoms. The van der Waals surface area contributed by atoms with Crippen LogP contribution >= 0.6 is 0 Å². The van der Waals surface area contributed by atoms with Crippen molar-refractivity contribution in [2.24, 2.45) is 5.92 Å². The number of halogens is 4. The van der Waals surface area contributed by atoms with E-state index >= 15 is 0 Å². The van der Waals surface area contributed by atoms with Crippen molar-refractivity contribution in [1.82, 2.24) is 9.97 Å². The SMILES string of the molecule is C=CCN(C(=O)C(C)C)c1ccc(-c2cncc(F)c2)nc1C(F)(F)F. The number of carbonyl (C=O) groups is 1. The highest BCUT2D eigenvalue weighted by molar-refractivity contribution is 5.95. The first-order chi connectivity index (χ1) is 12.1. The largest absolute Gasteiger partial charge is 0.435 e. The first-order valence-corrected chi connectivity index (χ1v) is 7.76. The molecule has 4 nitrogen and oxygen atoms in total. The lowest BCUT2D eigenvalue weighted by Gasteiger charge is -2.26. The third kappa shape index (κ3) is 4.25. The van der Waals surface area contributed by atoms with Gasteiger partial charge >= 0.3 is 6.18 Å². The quantitative estimate of drug-likeness (QED) is 0.578. The standard InChI is InChI=1S/C18H17F4N3O/c1-4-7-25(17(26)11(2)3)15-6-5-14(24-16(15)18(20,21)22)12-8-13(19)10-23-9-12/h4-6,8-11H,1,7H2,2-3H3. The first-order valence-electron chi connectivity index (χ1n) is 7.76. The van der Waals surface area contributed by atoms with Crippen LogP contribution in [0, 0.1) is 11.7 Å². The first kappa shape index (κ1) is 19.6. The normalized spacial score (nSPS) is 11.5. The number of anilines is 1.